The van der Waals surface area contributed by atoms with Gasteiger partial charge in [-0.1, -0.05) is 17.7 Å². The monoisotopic (exact) mass is 291 g/mol. The van der Waals surface area contributed by atoms with Crippen LogP contribution in [-0.2, 0) is 11.2 Å². The highest BCUT2D eigenvalue weighted by atomic mass is 16.5. The Hall–Kier alpha value is -1.55. The van der Waals surface area contributed by atoms with Gasteiger partial charge in [0, 0.05) is 25.0 Å². The molecule has 0 spiro atoms. The molecule has 0 saturated carbocycles. The van der Waals surface area contributed by atoms with Crippen LogP contribution in [0.15, 0.2) is 18.2 Å². The van der Waals surface area contributed by atoms with Crippen LogP contribution in [0.2, 0.25) is 0 Å². The fraction of sp³-hybridized carbons (Fsp3) is 0.588. The average Bonchev–Trinajstić information content (AvgIpc) is 2.74. The molecule has 0 amide bonds. The lowest BCUT2D eigenvalue weighted by Crippen LogP contribution is -2.47. The molecular formula is C17H25NO3. The van der Waals surface area contributed by atoms with E-state index in [2.05, 4.69) is 44.7 Å². The number of carbonyl (C=O) groups is 1. The number of hydrogen-bond acceptors (Lipinski definition) is 3. The third-order valence-electron chi connectivity index (χ3n) is 3.93. The van der Waals surface area contributed by atoms with Crippen molar-refractivity contribution in [2.24, 2.45) is 0 Å². The van der Waals surface area contributed by atoms with E-state index >= 15 is 0 Å². The largest absolute Gasteiger partial charge is 0.488 e. The maximum atomic E-state index is 10.8. The number of carboxylic acid groups (broad SMARTS) is 1. The predicted molar refractivity (Wildman–Crippen MR) is 82.9 cm³/mol. The first-order valence-electron chi connectivity index (χ1n) is 7.49. The Morgan fingerprint density at radius 2 is 2.14 bits per heavy atom. The molecule has 0 saturated heterocycles. The molecule has 1 N–H and O–H groups in total. The highest BCUT2D eigenvalue weighted by Crippen LogP contribution is 2.30. The van der Waals surface area contributed by atoms with E-state index in [9.17, 15) is 4.79 Å². The molecular weight excluding hydrogens is 266 g/mol. The molecule has 4 nitrogen and oxygen atoms in total. The SMILES string of the molecule is Cc1ccc2c(c1)CC(CN(CCC(=O)O)C(C)(C)C)O2. The summed E-state index contributed by atoms with van der Waals surface area (Å²) in [5.41, 5.74) is 2.44. The van der Waals surface area contributed by atoms with Gasteiger partial charge < -0.3 is 9.84 Å². The number of aryl methyl sites for hydroxylation is 1. The minimum absolute atomic E-state index is 0.0660. The summed E-state index contributed by atoms with van der Waals surface area (Å²) in [6, 6.07) is 6.27. The third-order valence-corrected chi connectivity index (χ3v) is 3.93. The zero-order chi connectivity index (χ0) is 15.6. The second kappa shape index (κ2) is 6.06. The number of fused-ring (bicyclic) bond motifs is 1. The number of aliphatic carboxylic acids is 1. The summed E-state index contributed by atoms with van der Waals surface area (Å²) in [5.74, 6) is 0.216. The van der Waals surface area contributed by atoms with Gasteiger partial charge in [-0.25, -0.2) is 0 Å². The van der Waals surface area contributed by atoms with E-state index in [-0.39, 0.29) is 18.1 Å². The molecule has 4 heteroatoms. The molecule has 1 aliphatic heterocycles. The Balaban J connectivity index is 2.01. The maximum Gasteiger partial charge on any atom is 0.304 e. The summed E-state index contributed by atoms with van der Waals surface area (Å²) in [4.78, 5) is 13.0. The van der Waals surface area contributed by atoms with Gasteiger partial charge in [-0.2, -0.15) is 0 Å². The van der Waals surface area contributed by atoms with Crippen molar-refractivity contribution in [2.45, 2.75) is 52.2 Å². The lowest BCUT2D eigenvalue weighted by atomic mass is 10.0. The highest BCUT2D eigenvalue weighted by molar-refractivity contribution is 5.66. The lowest BCUT2D eigenvalue weighted by Gasteiger charge is -2.36. The Morgan fingerprint density at radius 1 is 1.43 bits per heavy atom. The van der Waals surface area contributed by atoms with Crippen molar-refractivity contribution >= 4 is 5.97 Å². The predicted octanol–water partition coefficient (Wildman–Crippen LogP) is 2.87. The number of rotatable bonds is 5. The Morgan fingerprint density at radius 3 is 2.76 bits per heavy atom. The smallest absolute Gasteiger partial charge is 0.304 e. The van der Waals surface area contributed by atoms with E-state index in [1.165, 1.54) is 11.1 Å². The molecule has 0 radical (unpaired) electrons. The minimum atomic E-state index is -0.754. The summed E-state index contributed by atoms with van der Waals surface area (Å²) < 4.78 is 6.01. The van der Waals surface area contributed by atoms with Crippen LogP contribution >= 0.6 is 0 Å². The quantitative estimate of drug-likeness (QED) is 0.906. The molecule has 116 valence electrons. The minimum Gasteiger partial charge on any atom is -0.488 e. The molecule has 21 heavy (non-hydrogen) atoms. The summed E-state index contributed by atoms with van der Waals surface area (Å²) in [6.07, 6.45) is 1.17. The third kappa shape index (κ3) is 4.21. The molecule has 1 aromatic rings. The maximum absolute atomic E-state index is 10.8. The van der Waals surface area contributed by atoms with Gasteiger partial charge in [0.1, 0.15) is 11.9 Å². The second-order valence-corrected chi connectivity index (χ2v) is 6.82. The Labute approximate surface area is 126 Å². The summed E-state index contributed by atoms with van der Waals surface area (Å²) >= 11 is 0. The van der Waals surface area contributed by atoms with Crippen molar-refractivity contribution in [1.29, 1.82) is 0 Å². The van der Waals surface area contributed by atoms with Gasteiger partial charge in [-0.3, -0.25) is 9.69 Å². The molecule has 1 unspecified atom stereocenters. The van der Waals surface area contributed by atoms with Crippen molar-refractivity contribution in [1.82, 2.24) is 4.90 Å². The summed E-state index contributed by atoms with van der Waals surface area (Å²) in [6.45, 7) is 9.73. The van der Waals surface area contributed by atoms with Crippen LogP contribution < -0.4 is 4.74 Å². The van der Waals surface area contributed by atoms with Crippen LogP contribution in [-0.4, -0.2) is 40.7 Å². The van der Waals surface area contributed by atoms with Crippen LogP contribution in [0.25, 0.3) is 0 Å². The molecule has 2 rings (SSSR count). The second-order valence-electron chi connectivity index (χ2n) is 6.82. The van der Waals surface area contributed by atoms with Crippen molar-refractivity contribution in [3.63, 3.8) is 0 Å². The molecule has 1 heterocycles. The van der Waals surface area contributed by atoms with E-state index in [1.807, 2.05) is 6.07 Å². The van der Waals surface area contributed by atoms with Gasteiger partial charge in [0.2, 0.25) is 0 Å². The van der Waals surface area contributed by atoms with Gasteiger partial charge in [0.05, 0.1) is 6.42 Å². The number of ether oxygens (including phenoxy) is 1. The topological polar surface area (TPSA) is 49.8 Å². The first-order chi connectivity index (χ1) is 9.75. The van der Waals surface area contributed by atoms with Gasteiger partial charge in [0.25, 0.3) is 0 Å². The molecule has 1 aromatic carbocycles. The van der Waals surface area contributed by atoms with Crippen LogP contribution in [0.3, 0.4) is 0 Å². The summed E-state index contributed by atoms with van der Waals surface area (Å²) in [7, 11) is 0. The van der Waals surface area contributed by atoms with Crippen molar-refractivity contribution < 1.29 is 14.6 Å². The number of nitrogens with zero attached hydrogens (tertiary/aromatic N) is 1. The van der Waals surface area contributed by atoms with Crippen LogP contribution in [0, 0.1) is 6.92 Å². The van der Waals surface area contributed by atoms with Gasteiger partial charge in [0.15, 0.2) is 0 Å². The molecule has 0 fully saturated rings. The van der Waals surface area contributed by atoms with Gasteiger partial charge in [-0.15, -0.1) is 0 Å². The standard InChI is InChI=1S/C17H25NO3/c1-12-5-6-15-13(9-12)10-14(21-15)11-18(17(2,3)4)8-7-16(19)20/h5-6,9,14H,7-8,10-11H2,1-4H3,(H,19,20). The first kappa shape index (κ1) is 15.8. The van der Waals surface area contributed by atoms with Crippen molar-refractivity contribution in [3.8, 4) is 5.75 Å². The zero-order valence-corrected chi connectivity index (χ0v) is 13.3. The molecule has 0 bridgehead atoms. The molecule has 1 aliphatic rings. The van der Waals surface area contributed by atoms with Crippen LogP contribution in [0.5, 0.6) is 5.75 Å². The summed E-state index contributed by atoms with van der Waals surface area (Å²) in [5, 5.41) is 8.90. The van der Waals surface area contributed by atoms with Crippen LogP contribution in [0.1, 0.15) is 38.3 Å². The normalized spacial score (nSPS) is 17.7. The average molecular weight is 291 g/mol. The molecule has 0 aliphatic carbocycles. The van der Waals surface area contributed by atoms with E-state index in [0.29, 0.717) is 6.54 Å². The van der Waals surface area contributed by atoms with Gasteiger partial charge in [-0.05, 0) is 39.3 Å². The highest BCUT2D eigenvalue weighted by Gasteiger charge is 2.29. The number of benzene rings is 1. The van der Waals surface area contributed by atoms with Crippen molar-refractivity contribution in [2.75, 3.05) is 13.1 Å². The molecule has 1 atom stereocenters. The first-order valence-corrected chi connectivity index (χ1v) is 7.49. The van der Waals surface area contributed by atoms with Crippen molar-refractivity contribution in [3.05, 3.63) is 29.3 Å². The zero-order valence-electron chi connectivity index (χ0n) is 13.3. The molecule has 0 aromatic heterocycles. The fourth-order valence-corrected chi connectivity index (χ4v) is 2.73. The Bertz CT molecular complexity index is 519. The lowest BCUT2D eigenvalue weighted by molar-refractivity contribution is -0.137. The van der Waals surface area contributed by atoms with Gasteiger partial charge >= 0.3 is 5.97 Å². The Kier molecular flexibility index (Phi) is 4.57. The van der Waals surface area contributed by atoms with E-state index in [1.54, 1.807) is 0 Å². The van der Waals surface area contributed by atoms with E-state index in [0.717, 1.165) is 18.7 Å². The van der Waals surface area contributed by atoms with Crippen LogP contribution in [0.4, 0.5) is 0 Å². The van der Waals surface area contributed by atoms with E-state index in [4.69, 9.17) is 9.84 Å². The number of carboxylic acids is 1. The number of hydrogen-bond donors (Lipinski definition) is 1. The fourth-order valence-electron chi connectivity index (χ4n) is 2.73. The van der Waals surface area contributed by atoms with E-state index < -0.39 is 5.97 Å².